The largest absolute Gasteiger partial charge is 0.494 e. The van der Waals surface area contributed by atoms with Crippen LogP contribution < -0.4 is 15.4 Å². The molecule has 0 aliphatic carbocycles. The fourth-order valence-corrected chi connectivity index (χ4v) is 3.05. The van der Waals surface area contributed by atoms with Crippen molar-refractivity contribution in [2.75, 3.05) is 43.5 Å². The molecule has 29 heavy (non-hydrogen) atoms. The molecule has 3 rings (SSSR count). The van der Waals surface area contributed by atoms with Crippen molar-refractivity contribution in [2.24, 2.45) is 5.16 Å². The van der Waals surface area contributed by atoms with Crippen molar-refractivity contribution in [2.45, 2.75) is 19.8 Å². The number of nitrogens with zero attached hydrogens (tertiary/aromatic N) is 4. The Morgan fingerprint density at radius 3 is 2.79 bits per heavy atom. The van der Waals surface area contributed by atoms with Crippen LogP contribution in [0, 0.1) is 0 Å². The molecular formula is C21H27N5O3. The first kappa shape index (κ1) is 20.4. The maximum Gasteiger partial charge on any atom is 0.324 e. The average molecular weight is 397 g/mol. The lowest BCUT2D eigenvalue weighted by atomic mass is 10.2. The Hall–Kier alpha value is -3.29. The van der Waals surface area contributed by atoms with Gasteiger partial charge in [-0.2, -0.15) is 0 Å². The second-order valence-electron chi connectivity index (χ2n) is 6.64. The molecule has 0 unspecified atom stereocenters. The Bertz CT molecular complexity index is 825. The molecule has 2 aromatic rings. The number of pyridine rings is 1. The van der Waals surface area contributed by atoms with Crippen molar-refractivity contribution >= 4 is 23.8 Å². The summed E-state index contributed by atoms with van der Waals surface area (Å²) in [5.41, 5.74) is 7.47. The van der Waals surface area contributed by atoms with Crippen LogP contribution in [0.3, 0.4) is 0 Å². The van der Waals surface area contributed by atoms with Gasteiger partial charge in [0.1, 0.15) is 18.2 Å². The first-order valence-corrected chi connectivity index (χ1v) is 9.83. The van der Waals surface area contributed by atoms with Crippen molar-refractivity contribution in [1.29, 1.82) is 0 Å². The Kier molecular flexibility index (Phi) is 7.27. The highest BCUT2D eigenvalue weighted by atomic mass is 16.6. The van der Waals surface area contributed by atoms with Crippen molar-refractivity contribution in [1.82, 2.24) is 9.88 Å². The summed E-state index contributed by atoms with van der Waals surface area (Å²) < 4.78 is 5.77. The van der Waals surface area contributed by atoms with Gasteiger partial charge in [0, 0.05) is 31.9 Å². The smallest absolute Gasteiger partial charge is 0.324 e. The van der Waals surface area contributed by atoms with Crippen LogP contribution in [-0.4, -0.2) is 55.0 Å². The van der Waals surface area contributed by atoms with E-state index in [1.165, 1.54) is 0 Å². The summed E-state index contributed by atoms with van der Waals surface area (Å²) in [5.74, 6) is 1.23. The third kappa shape index (κ3) is 5.84. The second-order valence-corrected chi connectivity index (χ2v) is 6.64. The van der Waals surface area contributed by atoms with E-state index in [9.17, 15) is 4.79 Å². The van der Waals surface area contributed by atoms with Gasteiger partial charge in [0.15, 0.2) is 0 Å². The zero-order valence-electron chi connectivity index (χ0n) is 16.7. The number of carbonyl (C=O) groups excluding carboxylic acids is 1. The first-order chi connectivity index (χ1) is 14.2. The lowest BCUT2D eigenvalue weighted by Crippen LogP contribution is -2.32. The number of aromatic nitrogens is 1. The lowest BCUT2D eigenvalue weighted by Gasteiger charge is -2.18. The predicted octanol–water partition coefficient (Wildman–Crippen LogP) is 3.14. The zero-order chi connectivity index (χ0) is 20.5. The molecule has 1 aromatic carbocycles. The molecule has 1 aliphatic heterocycles. The number of anilines is 2. The van der Waals surface area contributed by atoms with Crippen LogP contribution in [-0.2, 0) is 4.84 Å². The van der Waals surface area contributed by atoms with Gasteiger partial charge in [-0.1, -0.05) is 5.16 Å². The number of nitrogens with two attached hydrogens (primary N) is 1. The summed E-state index contributed by atoms with van der Waals surface area (Å²) in [6, 6.07) is 11.2. The average Bonchev–Trinajstić information content (AvgIpc) is 3.09. The van der Waals surface area contributed by atoms with E-state index in [1.807, 2.05) is 36.1 Å². The fourth-order valence-electron chi connectivity index (χ4n) is 3.05. The standard InChI is InChI=1S/C21H27N5O3/c1-2-29-24-16-17-5-7-19(8-6-17)28-14-4-3-11-25-12-13-26(21(25)27)18-9-10-23-20(22)15-18/h5-10,15-16H,2-4,11-14H2,1H3,(H2,22,23)/b24-16+. The Morgan fingerprint density at radius 1 is 1.21 bits per heavy atom. The minimum Gasteiger partial charge on any atom is -0.494 e. The van der Waals surface area contributed by atoms with E-state index < -0.39 is 0 Å². The molecule has 8 nitrogen and oxygen atoms in total. The number of hydrogen-bond donors (Lipinski definition) is 1. The number of rotatable bonds is 10. The van der Waals surface area contributed by atoms with Gasteiger partial charge in [-0.25, -0.2) is 9.78 Å². The SMILES string of the molecule is CCO/N=C/c1ccc(OCCCCN2CCN(c3ccnc(N)c3)C2=O)cc1. The number of carbonyl (C=O) groups is 1. The zero-order valence-corrected chi connectivity index (χ0v) is 16.7. The van der Waals surface area contributed by atoms with Gasteiger partial charge < -0.3 is 20.2 Å². The van der Waals surface area contributed by atoms with E-state index in [0.29, 0.717) is 38.7 Å². The second kappa shape index (κ2) is 10.3. The summed E-state index contributed by atoms with van der Waals surface area (Å²) >= 11 is 0. The van der Waals surface area contributed by atoms with E-state index in [0.717, 1.165) is 29.8 Å². The fraction of sp³-hybridized carbons (Fsp3) is 0.381. The molecule has 0 saturated carbocycles. The number of nitrogen functional groups attached to an aromatic ring is 1. The molecule has 1 fully saturated rings. The Morgan fingerprint density at radius 2 is 2.03 bits per heavy atom. The van der Waals surface area contributed by atoms with E-state index in [1.54, 1.807) is 29.4 Å². The van der Waals surface area contributed by atoms with Crippen LogP contribution in [0.2, 0.25) is 0 Å². The molecule has 2 heterocycles. The summed E-state index contributed by atoms with van der Waals surface area (Å²) in [6.45, 7) is 5.15. The van der Waals surface area contributed by atoms with Crippen molar-refractivity contribution in [3.63, 3.8) is 0 Å². The number of unbranched alkanes of at least 4 members (excludes halogenated alkanes) is 1. The quantitative estimate of drug-likeness (QED) is 0.378. The molecule has 0 spiro atoms. The number of amides is 2. The van der Waals surface area contributed by atoms with E-state index in [4.69, 9.17) is 15.3 Å². The number of oxime groups is 1. The first-order valence-electron chi connectivity index (χ1n) is 9.83. The monoisotopic (exact) mass is 397 g/mol. The van der Waals surface area contributed by atoms with Crippen LogP contribution in [0.5, 0.6) is 5.75 Å². The van der Waals surface area contributed by atoms with Gasteiger partial charge in [0.2, 0.25) is 0 Å². The molecule has 0 atom stereocenters. The third-order valence-electron chi connectivity index (χ3n) is 4.55. The minimum absolute atomic E-state index is 0.0147. The highest BCUT2D eigenvalue weighted by Gasteiger charge is 2.29. The summed E-state index contributed by atoms with van der Waals surface area (Å²) in [5, 5.41) is 3.84. The summed E-state index contributed by atoms with van der Waals surface area (Å²) in [4.78, 5) is 25.1. The van der Waals surface area contributed by atoms with E-state index in [-0.39, 0.29) is 6.03 Å². The molecular weight excluding hydrogens is 370 g/mol. The molecule has 1 aromatic heterocycles. The van der Waals surface area contributed by atoms with Crippen molar-refractivity contribution in [3.05, 3.63) is 48.2 Å². The van der Waals surface area contributed by atoms with Gasteiger partial charge in [0.25, 0.3) is 0 Å². The topological polar surface area (TPSA) is 93.3 Å². The molecule has 0 bridgehead atoms. The van der Waals surface area contributed by atoms with Crippen LogP contribution in [0.25, 0.3) is 0 Å². The third-order valence-corrected chi connectivity index (χ3v) is 4.55. The minimum atomic E-state index is 0.0147. The Labute approximate surface area is 170 Å². The van der Waals surface area contributed by atoms with Crippen LogP contribution in [0.4, 0.5) is 16.3 Å². The molecule has 2 N–H and O–H groups in total. The number of benzene rings is 1. The van der Waals surface area contributed by atoms with Crippen LogP contribution in [0.1, 0.15) is 25.3 Å². The molecule has 154 valence electrons. The summed E-state index contributed by atoms with van der Waals surface area (Å²) in [7, 11) is 0. The molecule has 0 radical (unpaired) electrons. The number of hydrogen-bond acceptors (Lipinski definition) is 6. The van der Waals surface area contributed by atoms with Crippen molar-refractivity contribution in [3.8, 4) is 5.75 Å². The summed E-state index contributed by atoms with van der Waals surface area (Å²) in [6.07, 6.45) is 5.05. The Balaban J connectivity index is 1.36. The highest BCUT2D eigenvalue weighted by molar-refractivity contribution is 5.94. The lowest BCUT2D eigenvalue weighted by molar-refractivity contribution is 0.160. The van der Waals surface area contributed by atoms with Gasteiger partial charge in [-0.05, 0) is 55.7 Å². The van der Waals surface area contributed by atoms with Crippen molar-refractivity contribution < 1.29 is 14.4 Å². The number of urea groups is 1. The normalized spacial score (nSPS) is 14.0. The molecule has 2 amide bonds. The molecule has 8 heteroatoms. The number of ether oxygens (including phenoxy) is 1. The van der Waals surface area contributed by atoms with Crippen LogP contribution in [0.15, 0.2) is 47.8 Å². The molecule has 1 saturated heterocycles. The maximum absolute atomic E-state index is 12.6. The van der Waals surface area contributed by atoms with Gasteiger partial charge in [0.05, 0.1) is 18.5 Å². The van der Waals surface area contributed by atoms with E-state index in [2.05, 4.69) is 10.1 Å². The van der Waals surface area contributed by atoms with Gasteiger partial charge in [-0.15, -0.1) is 0 Å². The maximum atomic E-state index is 12.6. The highest BCUT2D eigenvalue weighted by Crippen LogP contribution is 2.21. The van der Waals surface area contributed by atoms with E-state index >= 15 is 0 Å². The predicted molar refractivity (Wildman–Crippen MR) is 113 cm³/mol. The van der Waals surface area contributed by atoms with Crippen LogP contribution >= 0.6 is 0 Å². The van der Waals surface area contributed by atoms with Gasteiger partial charge >= 0.3 is 6.03 Å². The molecule has 1 aliphatic rings. The van der Waals surface area contributed by atoms with Gasteiger partial charge in [-0.3, -0.25) is 4.90 Å².